The Labute approximate surface area is 632 Å². The third-order valence-corrected chi connectivity index (χ3v) is 21.5. The summed E-state index contributed by atoms with van der Waals surface area (Å²) < 4.78 is 68.8. The molecule has 0 aliphatic heterocycles. The Hall–Kier alpha value is -1.94. The second-order valence-electron chi connectivity index (χ2n) is 32.1. The zero-order valence-electron chi connectivity index (χ0n) is 68.0. The van der Waals surface area contributed by atoms with Crippen LogP contribution in [0, 0.1) is 23.7 Å². The van der Waals surface area contributed by atoms with Crippen LogP contribution >= 0.6 is 15.6 Å². The number of phosphoric ester groups is 2. The Balaban J connectivity index is 5.17. The van der Waals surface area contributed by atoms with Gasteiger partial charge in [-0.15, -0.1) is 0 Å². The zero-order chi connectivity index (χ0) is 76.0. The van der Waals surface area contributed by atoms with Crippen LogP contribution in [-0.2, 0) is 65.4 Å². The first-order valence-electron chi connectivity index (χ1n) is 43.2. The maximum Gasteiger partial charge on any atom is 0.472 e. The molecule has 0 aliphatic rings. The van der Waals surface area contributed by atoms with Crippen molar-refractivity contribution in [3.8, 4) is 0 Å². The third kappa shape index (κ3) is 78.0. The van der Waals surface area contributed by atoms with Gasteiger partial charge in [-0.3, -0.25) is 37.3 Å². The molecule has 0 heterocycles. The second kappa shape index (κ2) is 72.9. The van der Waals surface area contributed by atoms with Gasteiger partial charge in [0.15, 0.2) is 12.2 Å². The number of ether oxygens (including phenoxy) is 4. The minimum absolute atomic E-state index is 0.106. The van der Waals surface area contributed by atoms with Crippen LogP contribution in [0.15, 0.2) is 0 Å². The summed E-state index contributed by atoms with van der Waals surface area (Å²) in [6.07, 6.45) is 61.3. The van der Waals surface area contributed by atoms with E-state index in [1.807, 2.05) is 0 Å². The Kier molecular flexibility index (Phi) is 71.5. The quantitative estimate of drug-likeness (QED) is 0.0222. The number of carbonyl (C=O) groups is 4. The summed E-state index contributed by atoms with van der Waals surface area (Å²) in [6, 6.07) is 0. The van der Waals surface area contributed by atoms with Gasteiger partial charge in [0, 0.05) is 25.7 Å². The first-order chi connectivity index (χ1) is 49.6. The predicted octanol–water partition coefficient (Wildman–Crippen LogP) is 25.2. The number of esters is 4. The third-order valence-electron chi connectivity index (χ3n) is 19.6. The molecule has 0 aliphatic carbocycles. The molecular weight excluding hydrogens is 1340 g/mol. The lowest BCUT2D eigenvalue weighted by Gasteiger charge is -2.21. The summed E-state index contributed by atoms with van der Waals surface area (Å²) in [5, 5.41) is 10.7. The molecule has 0 spiro atoms. The van der Waals surface area contributed by atoms with Crippen molar-refractivity contribution in [3.63, 3.8) is 0 Å². The van der Waals surface area contributed by atoms with Crippen molar-refractivity contribution in [1.82, 2.24) is 0 Å². The molecule has 612 valence electrons. The summed E-state index contributed by atoms with van der Waals surface area (Å²) in [5.74, 6) is 0.965. The SMILES string of the molecule is CC(C)CCCCCCCCCCCCCCCCCCCCC(=O)O[C@H](COC(=O)CCCCCCCCC(C)C)COP(=O)(O)OCC(O)COP(=O)(O)OC[C@@H](COC(=O)CCCCCCCCCCCCCCCCCCC(C)C)OC(=O)CCCCCCCCCCCCCC(C)C. The molecule has 0 bridgehead atoms. The fraction of sp³-hybridized carbons (Fsp3) is 0.952. The van der Waals surface area contributed by atoms with Gasteiger partial charge < -0.3 is 33.8 Å². The maximum absolute atomic E-state index is 13.1. The summed E-state index contributed by atoms with van der Waals surface area (Å²) in [6.45, 7) is 14.2. The average Bonchev–Trinajstić information content (AvgIpc) is 0.927. The van der Waals surface area contributed by atoms with Crippen molar-refractivity contribution in [2.24, 2.45) is 23.7 Å². The van der Waals surface area contributed by atoms with Crippen molar-refractivity contribution in [2.45, 2.75) is 453 Å². The molecule has 19 heteroatoms. The topological polar surface area (TPSA) is 237 Å². The van der Waals surface area contributed by atoms with E-state index in [0.717, 1.165) is 114 Å². The van der Waals surface area contributed by atoms with Crippen LogP contribution in [0.1, 0.15) is 434 Å². The van der Waals surface area contributed by atoms with Crippen LogP contribution in [0.4, 0.5) is 0 Å². The highest BCUT2D eigenvalue weighted by Crippen LogP contribution is 2.45. The lowest BCUT2D eigenvalue weighted by molar-refractivity contribution is -0.161. The fourth-order valence-corrected chi connectivity index (χ4v) is 14.5. The Morgan fingerprint density at radius 1 is 0.243 bits per heavy atom. The molecular formula is C84H164O17P2. The summed E-state index contributed by atoms with van der Waals surface area (Å²) >= 11 is 0. The van der Waals surface area contributed by atoms with Gasteiger partial charge >= 0.3 is 39.5 Å². The monoisotopic (exact) mass is 1510 g/mol. The Morgan fingerprint density at radius 2 is 0.408 bits per heavy atom. The lowest BCUT2D eigenvalue weighted by Crippen LogP contribution is -2.30. The molecule has 5 atom stereocenters. The second-order valence-corrected chi connectivity index (χ2v) is 35.0. The molecule has 3 unspecified atom stereocenters. The number of aliphatic hydroxyl groups excluding tert-OH is 1. The molecule has 0 radical (unpaired) electrons. The molecule has 0 fully saturated rings. The standard InChI is InChI=1S/C84H164O17P2/c1-74(2)60-52-44-36-30-24-19-15-11-9-10-12-18-22-28-34-40-50-58-66-83(88)101-80(71-95-82(87)65-57-49-43-42-47-55-63-77(7)8)73-99-103(92,93)97-69-78(85)68-96-102(90,91)98-72-79(100-84(89)67-59-51-41-35-29-23-26-32-38-46-54-62-76(5)6)70-94-81(86)64-56-48-39-33-27-21-17-14-13-16-20-25-31-37-45-53-61-75(3)4/h74-80,85H,9-73H2,1-8H3,(H,90,91)(H,92,93)/t78?,79-,80-/m1/s1. The minimum atomic E-state index is -4.96. The van der Waals surface area contributed by atoms with Gasteiger partial charge in [-0.2, -0.15) is 0 Å². The predicted molar refractivity (Wildman–Crippen MR) is 423 cm³/mol. The van der Waals surface area contributed by atoms with E-state index in [9.17, 15) is 43.2 Å². The largest absolute Gasteiger partial charge is 0.472 e. The van der Waals surface area contributed by atoms with Gasteiger partial charge in [0.1, 0.15) is 19.3 Å². The first-order valence-corrected chi connectivity index (χ1v) is 46.2. The van der Waals surface area contributed by atoms with E-state index in [4.69, 9.17) is 37.0 Å². The van der Waals surface area contributed by atoms with Crippen LogP contribution in [0.2, 0.25) is 0 Å². The number of hydrogen-bond acceptors (Lipinski definition) is 15. The Bertz CT molecular complexity index is 2010. The highest BCUT2D eigenvalue weighted by molar-refractivity contribution is 7.47. The normalized spacial score (nSPS) is 14.0. The summed E-state index contributed by atoms with van der Waals surface area (Å²) in [4.78, 5) is 73.1. The molecule has 0 amide bonds. The smallest absolute Gasteiger partial charge is 0.462 e. The van der Waals surface area contributed by atoms with Gasteiger partial charge in [0.2, 0.25) is 0 Å². The van der Waals surface area contributed by atoms with Crippen LogP contribution < -0.4 is 0 Å². The molecule has 0 saturated heterocycles. The van der Waals surface area contributed by atoms with E-state index in [0.29, 0.717) is 31.6 Å². The number of phosphoric acid groups is 2. The van der Waals surface area contributed by atoms with Crippen molar-refractivity contribution < 1.29 is 80.2 Å². The molecule has 0 rings (SSSR count). The van der Waals surface area contributed by atoms with Gasteiger partial charge in [0.25, 0.3) is 0 Å². The maximum atomic E-state index is 13.1. The van der Waals surface area contributed by atoms with Crippen molar-refractivity contribution in [3.05, 3.63) is 0 Å². The summed E-state index contributed by atoms with van der Waals surface area (Å²) in [5.41, 5.74) is 0. The average molecular weight is 1510 g/mol. The molecule has 0 aromatic heterocycles. The number of carbonyl (C=O) groups excluding carboxylic acids is 4. The number of rotatable bonds is 81. The van der Waals surface area contributed by atoms with Gasteiger partial charge in [-0.1, -0.05) is 383 Å². The molecule has 103 heavy (non-hydrogen) atoms. The van der Waals surface area contributed by atoms with E-state index in [2.05, 4.69) is 55.4 Å². The van der Waals surface area contributed by atoms with Crippen LogP contribution in [0.25, 0.3) is 0 Å². The van der Waals surface area contributed by atoms with Crippen molar-refractivity contribution in [1.29, 1.82) is 0 Å². The van der Waals surface area contributed by atoms with Gasteiger partial charge in [-0.25, -0.2) is 9.13 Å². The van der Waals surface area contributed by atoms with Crippen LogP contribution in [0.5, 0.6) is 0 Å². The lowest BCUT2D eigenvalue weighted by atomic mass is 10.0. The molecule has 0 aromatic rings. The Morgan fingerprint density at radius 3 is 0.602 bits per heavy atom. The molecule has 0 saturated carbocycles. The number of unbranched alkanes of at least 4 members (excludes halogenated alkanes) is 47. The minimum Gasteiger partial charge on any atom is -0.462 e. The fourth-order valence-electron chi connectivity index (χ4n) is 13.0. The number of aliphatic hydroxyl groups is 1. The van der Waals surface area contributed by atoms with Gasteiger partial charge in [0.05, 0.1) is 26.4 Å². The molecule has 3 N–H and O–H groups in total. The van der Waals surface area contributed by atoms with E-state index in [-0.39, 0.29) is 25.7 Å². The van der Waals surface area contributed by atoms with Crippen molar-refractivity contribution >= 4 is 39.5 Å². The summed E-state index contributed by atoms with van der Waals surface area (Å²) in [7, 11) is -9.92. The molecule has 0 aromatic carbocycles. The van der Waals surface area contributed by atoms with Crippen LogP contribution in [-0.4, -0.2) is 96.7 Å². The molecule has 17 nitrogen and oxygen atoms in total. The number of hydrogen-bond donors (Lipinski definition) is 3. The van der Waals surface area contributed by atoms with Gasteiger partial charge in [-0.05, 0) is 49.4 Å². The highest BCUT2D eigenvalue weighted by Gasteiger charge is 2.30. The first kappa shape index (κ1) is 101. The van der Waals surface area contributed by atoms with E-state index >= 15 is 0 Å². The van der Waals surface area contributed by atoms with E-state index < -0.39 is 97.5 Å². The van der Waals surface area contributed by atoms with Crippen molar-refractivity contribution in [2.75, 3.05) is 39.6 Å². The zero-order valence-corrected chi connectivity index (χ0v) is 69.7. The van der Waals surface area contributed by atoms with Crippen LogP contribution in [0.3, 0.4) is 0 Å². The van der Waals surface area contributed by atoms with E-state index in [1.54, 1.807) is 0 Å². The van der Waals surface area contributed by atoms with E-state index in [1.165, 1.54) is 231 Å². The highest BCUT2D eigenvalue weighted by atomic mass is 31.2.